The molecule has 130 valence electrons. The van der Waals surface area contributed by atoms with E-state index in [1.165, 1.54) is 4.57 Å². The van der Waals surface area contributed by atoms with E-state index in [2.05, 4.69) is 28.6 Å². The fourth-order valence-electron chi connectivity index (χ4n) is 3.22. The lowest BCUT2D eigenvalue weighted by Gasteiger charge is -2.28. The van der Waals surface area contributed by atoms with Crippen molar-refractivity contribution in [3.63, 3.8) is 0 Å². The van der Waals surface area contributed by atoms with Crippen LogP contribution in [-0.2, 0) is 24.4 Å². The molecule has 25 heavy (non-hydrogen) atoms. The van der Waals surface area contributed by atoms with Crippen LogP contribution >= 0.6 is 0 Å². The minimum Gasteiger partial charge on any atom is -0.408 e. The Morgan fingerprint density at radius 1 is 1.24 bits per heavy atom. The zero-order valence-electron chi connectivity index (χ0n) is 14.2. The summed E-state index contributed by atoms with van der Waals surface area (Å²) in [7, 11) is 0. The van der Waals surface area contributed by atoms with Crippen molar-refractivity contribution in [1.82, 2.24) is 24.2 Å². The van der Waals surface area contributed by atoms with Gasteiger partial charge in [-0.25, -0.2) is 4.79 Å². The predicted octanol–water partition coefficient (Wildman–Crippen LogP) is 1.35. The summed E-state index contributed by atoms with van der Waals surface area (Å²) < 4.78 is 8.63. The van der Waals surface area contributed by atoms with E-state index in [1.54, 1.807) is 23.1 Å². The van der Waals surface area contributed by atoms with Gasteiger partial charge in [-0.15, -0.1) is 10.2 Å². The molecule has 0 fully saturated rings. The summed E-state index contributed by atoms with van der Waals surface area (Å²) >= 11 is 0. The van der Waals surface area contributed by atoms with E-state index in [1.807, 2.05) is 6.07 Å². The molecule has 0 saturated heterocycles. The molecule has 0 saturated carbocycles. The second-order valence-corrected chi connectivity index (χ2v) is 6.52. The van der Waals surface area contributed by atoms with E-state index in [4.69, 9.17) is 4.42 Å². The molecule has 3 aromatic rings. The number of carbonyl (C=O) groups excluding carboxylic acids is 1. The Bertz CT molecular complexity index is 997. The van der Waals surface area contributed by atoms with Crippen molar-refractivity contribution in [2.24, 2.45) is 0 Å². The van der Waals surface area contributed by atoms with Crippen LogP contribution in [0.3, 0.4) is 0 Å². The van der Waals surface area contributed by atoms with Gasteiger partial charge in [-0.05, 0) is 12.1 Å². The van der Waals surface area contributed by atoms with Gasteiger partial charge in [0, 0.05) is 19.0 Å². The third-order valence-electron chi connectivity index (χ3n) is 4.52. The second kappa shape index (κ2) is 5.87. The number of rotatable bonds is 3. The van der Waals surface area contributed by atoms with Gasteiger partial charge in [0.15, 0.2) is 11.4 Å². The van der Waals surface area contributed by atoms with Crippen molar-refractivity contribution >= 4 is 17.0 Å². The van der Waals surface area contributed by atoms with Crippen LogP contribution < -0.4 is 5.76 Å². The SMILES string of the molecule is CC(C)c1nnc2n1CCN(C(=O)Cn1c(=O)oc3ccccc31)C2. The van der Waals surface area contributed by atoms with Crippen molar-refractivity contribution < 1.29 is 9.21 Å². The van der Waals surface area contributed by atoms with E-state index < -0.39 is 5.76 Å². The molecule has 1 aliphatic heterocycles. The molecule has 8 heteroatoms. The Morgan fingerprint density at radius 3 is 2.84 bits per heavy atom. The molecule has 1 aromatic carbocycles. The molecule has 4 rings (SSSR count). The standard InChI is InChI=1S/C17H19N5O3/c1-11(2)16-19-18-14-9-20(7-8-21(14)16)15(23)10-22-12-5-3-4-6-13(12)25-17(22)24/h3-6,11H,7-10H2,1-2H3. The zero-order valence-corrected chi connectivity index (χ0v) is 14.2. The van der Waals surface area contributed by atoms with Gasteiger partial charge in [-0.3, -0.25) is 9.36 Å². The first-order chi connectivity index (χ1) is 12.0. The molecule has 0 spiro atoms. The molecule has 0 bridgehead atoms. The quantitative estimate of drug-likeness (QED) is 0.718. The number of benzene rings is 1. The second-order valence-electron chi connectivity index (χ2n) is 6.52. The summed E-state index contributed by atoms with van der Waals surface area (Å²) in [5.41, 5.74) is 1.11. The molecule has 2 aromatic heterocycles. The van der Waals surface area contributed by atoms with Crippen molar-refractivity contribution in [2.75, 3.05) is 6.54 Å². The maximum absolute atomic E-state index is 12.7. The molecule has 0 N–H and O–H groups in total. The summed E-state index contributed by atoms with van der Waals surface area (Å²) in [5.74, 6) is 1.37. The van der Waals surface area contributed by atoms with Crippen LogP contribution in [0.25, 0.3) is 11.1 Å². The third-order valence-corrected chi connectivity index (χ3v) is 4.52. The van der Waals surface area contributed by atoms with Crippen LogP contribution in [0.15, 0.2) is 33.5 Å². The van der Waals surface area contributed by atoms with Gasteiger partial charge in [0.1, 0.15) is 12.4 Å². The maximum atomic E-state index is 12.7. The number of hydrogen-bond acceptors (Lipinski definition) is 5. The smallest absolute Gasteiger partial charge is 0.408 e. The summed E-state index contributed by atoms with van der Waals surface area (Å²) in [6.07, 6.45) is 0. The predicted molar refractivity (Wildman–Crippen MR) is 90.0 cm³/mol. The lowest BCUT2D eigenvalue weighted by Crippen LogP contribution is -2.41. The summed E-state index contributed by atoms with van der Waals surface area (Å²) in [6.45, 7) is 5.76. The molecule has 3 heterocycles. The van der Waals surface area contributed by atoms with E-state index in [0.717, 1.165) is 11.6 Å². The van der Waals surface area contributed by atoms with Crippen LogP contribution in [0.5, 0.6) is 0 Å². The van der Waals surface area contributed by atoms with E-state index in [-0.39, 0.29) is 12.5 Å². The van der Waals surface area contributed by atoms with Crippen molar-refractivity contribution in [3.8, 4) is 0 Å². The lowest BCUT2D eigenvalue weighted by atomic mass is 10.2. The molecule has 0 aliphatic carbocycles. The molecular formula is C17H19N5O3. The number of hydrogen-bond donors (Lipinski definition) is 0. The molecule has 0 radical (unpaired) electrons. The first kappa shape index (κ1) is 15.6. The fraction of sp³-hybridized carbons (Fsp3) is 0.412. The topological polar surface area (TPSA) is 86.2 Å². The Kier molecular flexibility index (Phi) is 3.67. The van der Waals surface area contributed by atoms with Crippen LogP contribution in [0.1, 0.15) is 31.4 Å². The number of carbonyl (C=O) groups is 1. The van der Waals surface area contributed by atoms with Crippen LogP contribution in [-0.4, -0.2) is 36.7 Å². The minimum absolute atomic E-state index is 0.0407. The van der Waals surface area contributed by atoms with Crippen molar-refractivity contribution in [1.29, 1.82) is 0 Å². The Morgan fingerprint density at radius 2 is 2.04 bits per heavy atom. The molecular weight excluding hydrogens is 322 g/mol. The number of nitrogens with zero attached hydrogens (tertiary/aromatic N) is 5. The highest BCUT2D eigenvalue weighted by Crippen LogP contribution is 2.19. The Balaban J connectivity index is 1.56. The number of para-hydroxylation sites is 2. The summed E-state index contributed by atoms with van der Waals surface area (Å²) in [5, 5.41) is 8.43. The van der Waals surface area contributed by atoms with E-state index in [0.29, 0.717) is 36.7 Å². The van der Waals surface area contributed by atoms with Gasteiger partial charge < -0.3 is 13.9 Å². The Labute approximate surface area is 143 Å². The van der Waals surface area contributed by atoms with Crippen LogP contribution in [0, 0.1) is 0 Å². The monoisotopic (exact) mass is 341 g/mol. The van der Waals surface area contributed by atoms with Crippen molar-refractivity contribution in [3.05, 3.63) is 46.5 Å². The van der Waals surface area contributed by atoms with Gasteiger partial charge in [0.2, 0.25) is 5.91 Å². The van der Waals surface area contributed by atoms with Gasteiger partial charge >= 0.3 is 5.76 Å². The molecule has 0 unspecified atom stereocenters. The lowest BCUT2D eigenvalue weighted by molar-refractivity contribution is -0.133. The van der Waals surface area contributed by atoms with E-state index >= 15 is 0 Å². The average molecular weight is 341 g/mol. The van der Waals surface area contributed by atoms with Crippen LogP contribution in [0.4, 0.5) is 0 Å². The molecule has 1 amide bonds. The van der Waals surface area contributed by atoms with E-state index in [9.17, 15) is 9.59 Å². The molecule has 0 atom stereocenters. The van der Waals surface area contributed by atoms with Gasteiger partial charge in [0.05, 0.1) is 12.1 Å². The number of aromatic nitrogens is 4. The minimum atomic E-state index is -0.517. The number of amides is 1. The Hall–Kier alpha value is -2.90. The fourth-order valence-corrected chi connectivity index (χ4v) is 3.22. The highest BCUT2D eigenvalue weighted by Gasteiger charge is 2.26. The largest absolute Gasteiger partial charge is 0.420 e. The highest BCUT2D eigenvalue weighted by molar-refractivity contribution is 5.79. The first-order valence-electron chi connectivity index (χ1n) is 8.32. The first-order valence-corrected chi connectivity index (χ1v) is 8.32. The van der Waals surface area contributed by atoms with Gasteiger partial charge in [-0.1, -0.05) is 26.0 Å². The summed E-state index contributed by atoms with van der Waals surface area (Å²) in [4.78, 5) is 26.4. The zero-order chi connectivity index (χ0) is 17.6. The van der Waals surface area contributed by atoms with Gasteiger partial charge in [0.25, 0.3) is 0 Å². The van der Waals surface area contributed by atoms with Gasteiger partial charge in [-0.2, -0.15) is 0 Å². The average Bonchev–Trinajstić information content (AvgIpc) is 3.16. The normalized spacial score (nSPS) is 14.3. The molecule has 8 nitrogen and oxygen atoms in total. The number of fused-ring (bicyclic) bond motifs is 2. The number of oxazole rings is 1. The highest BCUT2D eigenvalue weighted by atomic mass is 16.4. The third kappa shape index (κ3) is 2.63. The maximum Gasteiger partial charge on any atom is 0.420 e. The van der Waals surface area contributed by atoms with Crippen LogP contribution in [0.2, 0.25) is 0 Å². The van der Waals surface area contributed by atoms with Crippen molar-refractivity contribution in [2.45, 2.75) is 39.4 Å². The molecule has 1 aliphatic rings. The summed E-state index contributed by atoms with van der Waals surface area (Å²) in [6, 6.07) is 7.10.